The number of fused-ring (bicyclic) bond motifs is 1. The molecule has 2 N–H and O–H groups in total. The minimum Gasteiger partial charge on any atom is -0.331 e. The molecule has 108 valence electrons. The monoisotopic (exact) mass is 293 g/mol. The highest BCUT2D eigenvalue weighted by Gasteiger charge is 2.29. The quantitative estimate of drug-likeness (QED) is 0.920. The van der Waals surface area contributed by atoms with Crippen LogP contribution in [-0.2, 0) is 23.3 Å². The summed E-state index contributed by atoms with van der Waals surface area (Å²) >= 11 is 0. The van der Waals surface area contributed by atoms with E-state index in [-0.39, 0.29) is 6.04 Å². The maximum atomic E-state index is 11.6. The largest absolute Gasteiger partial charge is 0.331 e. The normalized spacial score (nSPS) is 17.6. The predicted octanol–water partition coefficient (Wildman–Crippen LogP) is 1.26. The van der Waals surface area contributed by atoms with Crippen molar-refractivity contribution in [2.24, 2.45) is 18.7 Å². The number of aromatic nitrogens is 2. The third kappa shape index (κ3) is 2.45. The van der Waals surface area contributed by atoms with Crippen molar-refractivity contribution in [3.05, 3.63) is 24.0 Å². The smallest absolute Gasteiger partial charge is 0.175 e. The minimum absolute atomic E-state index is 0.153. The van der Waals surface area contributed by atoms with E-state index in [9.17, 15) is 8.42 Å². The summed E-state index contributed by atoms with van der Waals surface area (Å²) < 4.78 is 25.2. The van der Waals surface area contributed by atoms with E-state index in [2.05, 4.69) is 4.98 Å². The van der Waals surface area contributed by atoms with Gasteiger partial charge >= 0.3 is 0 Å². The highest BCUT2D eigenvalue weighted by atomic mass is 32.2. The van der Waals surface area contributed by atoms with E-state index in [0.29, 0.717) is 16.3 Å². The molecular formula is C14H19N3O2S. The van der Waals surface area contributed by atoms with E-state index >= 15 is 0 Å². The van der Waals surface area contributed by atoms with Crippen LogP contribution in [0.3, 0.4) is 0 Å². The molecule has 1 atom stereocenters. The summed E-state index contributed by atoms with van der Waals surface area (Å²) in [5, 5.41) is 0. The molecule has 1 heterocycles. The van der Waals surface area contributed by atoms with Gasteiger partial charge in [0.05, 0.1) is 15.9 Å². The fraction of sp³-hybridized carbons (Fsp3) is 0.500. The fourth-order valence-electron chi connectivity index (χ4n) is 2.54. The van der Waals surface area contributed by atoms with Crippen LogP contribution in [0, 0.1) is 5.92 Å². The van der Waals surface area contributed by atoms with E-state index < -0.39 is 9.84 Å². The molecule has 0 radical (unpaired) electrons. The van der Waals surface area contributed by atoms with Crippen molar-refractivity contribution < 1.29 is 8.42 Å². The Labute approximate surface area is 118 Å². The van der Waals surface area contributed by atoms with Gasteiger partial charge in [0.15, 0.2) is 9.84 Å². The molecule has 1 fully saturated rings. The van der Waals surface area contributed by atoms with Gasteiger partial charge < -0.3 is 10.3 Å². The average Bonchev–Trinajstić information content (AvgIpc) is 3.16. The van der Waals surface area contributed by atoms with E-state index in [1.807, 2.05) is 17.7 Å². The van der Waals surface area contributed by atoms with Crippen LogP contribution in [0.15, 0.2) is 23.1 Å². The molecule has 1 aromatic carbocycles. The van der Waals surface area contributed by atoms with E-state index in [1.165, 1.54) is 19.1 Å². The number of sulfone groups is 1. The first-order valence-corrected chi connectivity index (χ1v) is 8.66. The standard InChI is InChI=1S/C14H19N3O2S/c1-17-13-6-5-10(20(2,18)19)7-12(13)16-14(17)8-11(15)9-3-4-9/h5-7,9,11H,3-4,8,15H2,1-2H3. The van der Waals surface area contributed by atoms with Crippen molar-refractivity contribution in [3.8, 4) is 0 Å². The number of hydrogen-bond acceptors (Lipinski definition) is 4. The van der Waals surface area contributed by atoms with Crippen LogP contribution in [-0.4, -0.2) is 30.3 Å². The van der Waals surface area contributed by atoms with Gasteiger partial charge in [0.2, 0.25) is 0 Å². The summed E-state index contributed by atoms with van der Waals surface area (Å²) in [5.74, 6) is 1.55. The summed E-state index contributed by atoms with van der Waals surface area (Å²) in [6, 6.07) is 5.23. The molecule has 0 bridgehead atoms. The maximum Gasteiger partial charge on any atom is 0.175 e. The Morgan fingerprint density at radius 1 is 1.45 bits per heavy atom. The average molecular weight is 293 g/mol. The summed E-state index contributed by atoms with van der Waals surface area (Å²) in [4.78, 5) is 4.86. The third-order valence-electron chi connectivity index (χ3n) is 4.02. The van der Waals surface area contributed by atoms with Gasteiger partial charge in [-0.1, -0.05) is 0 Å². The van der Waals surface area contributed by atoms with Gasteiger partial charge in [-0.15, -0.1) is 0 Å². The minimum atomic E-state index is -3.20. The molecule has 6 heteroatoms. The van der Waals surface area contributed by atoms with Crippen molar-refractivity contribution in [2.75, 3.05) is 6.26 Å². The number of nitrogens with zero attached hydrogens (tertiary/aromatic N) is 2. The molecule has 20 heavy (non-hydrogen) atoms. The topological polar surface area (TPSA) is 78.0 Å². The van der Waals surface area contributed by atoms with Gasteiger partial charge in [0.1, 0.15) is 5.82 Å². The Morgan fingerprint density at radius 2 is 2.15 bits per heavy atom. The first-order chi connectivity index (χ1) is 9.36. The van der Waals surface area contributed by atoms with Crippen LogP contribution in [0.25, 0.3) is 11.0 Å². The van der Waals surface area contributed by atoms with Crippen molar-refractivity contribution >= 4 is 20.9 Å². The van der Waals surface area contributed by atoms with E-state index in [4.69, 9.17) is 5.73 Å². The molecule has 1 aliphatic rings. The van der Waals surface area contributed by atoms with Crippen LogP contribution >= 0.6 is 0 Å². The van der Waals surface area contributed by atoms with Crippen LogP contribution in [0.1, 0.15) is 18.7 Å². The SMILES string of the molecule is Cn1c(CC(N)C2CC2)nc2cc(S(C)(=O)=O)ccc21. The third-order valence-corrected chi connectivity index (χ3v) is 5.13. The molecule has 2 aromatic rings. The molecule has 1 aliphatic carbocycles. The van der Waals surface area contributed by atoms with Gasteiger partial charge in [0, 0.05) is 25.8 Å². The second kappa shape index (κ2) is 4.56. The van der Waals surface area contributed by atoms with Gasteiger partial charge in [-0.05, 0) is 37.0 Å². The second-order valence-electron chi connectivity index (χ2n) is 5.72. The zero-order chi connectivity index (χ0) is 14.5. The van der Waals surface area contributed by atoms with Crippen LogP contribution in [0.5, 0.6) is 0 Å². The predicted molar refractivity (Wildman–Crippen MR) is 78.2 cm³/mol. The van der Waals surface area contributed by atoms with Crippen molar-refractivity contribution in [3.63, 3.8) is 0 Å². The van der Waals surface area contributed by atoms with Crippen LogP contribution in [0.4, 0.5) is 0 Å². The summed E-state index contributed by atoms with van der Waals surface area (Å²) in [5.41, 5.74) is 7.81. The van der Waals surface area contributed by atoms with Gasteiger partial charge in [-0.2, -0.15) is 0 Å². The lowest BCUT2D eigenvalue weighted by molar-refractivity contribution is 0.566. The molecule has 1 aromatic heterocycles. The second-order valence-corrected chi connectivity index (χ2v) is 7.73. The molecule has 1 unspecified atom stereocenters. The van der Waals surface area contributed by atoms with Gasteiger partial charge in [0.25, 0.3) is 0 Å². The number of imidazole rings is 1. The molecule has 0 amide bonds. The van der Waals surface area contributed by atoms with E-state index in [1.54, 1.807) is 12.1 Å². The number of benzene rings is 1. The Morgan fingerprint density at radius 3 is 2.75 bits per heavy atom. The molecule has 0 spiro atoms. The first-order valence-electron chi connectivity index (χ1n) is 6.77. The Bertz CT molecular complexity index is 760. The Balaban J connectivity index is 2.00. The highest BCUT2D eigenvalue weighted by Crippen LogP contribution is 2.33. The number of hydrogen-bond donors (Lipinski definition) is 1. The summed E-state index contributed by atoms with van der Waals surface area (Å²) in [7, 11) is -1.25. The van der Waals surface area contributed by atoms with Crippen molar-refractivity contribution in [1.29, 1.82) is 0 Å². The number of aryl methyl sites for hydroxylation is 1. The van der Waals surface area contributed by atoms with Crippen LogP contribution in [0.2, 0.25) is 0 Å². The highest BCUT2D eigenvalue weighted by molar-refractivity contribution is 7.90. The lowest BCUT2D eigenvalue weighted by Crippen LogP contribution is -2.26. The molecular weight excluding hydrogens is 274 g/mol. The zero-order valence-corrected chi connectivity index (χ0v) is 12.5. The number of nitrogens with two attached hydrogens (primary N) is 1. The first kappa shape index (κ1) is 13.6. The summed E-state index contributed by atoms with van der Waals surface area (Å²) in [6.45, 7) is 0. The Kier molecular flexibility index (Phi) is 3.10. The van der Waals surface area contributed by atoms with Crippen LogP contribution < -0.4 is 5.73 Å². The molecule has 0 saturated heterocycles. The molecule has 3 rings (SSSR count). The van der Waals surface area contributed by atoms with Gasteiger partial charge in [-0.3, -0.25) is 0 Å². The molecule has 5 nitrogen and oxygen atoms in total. The molecule has 0 aliphatic heterocycles. The Hall–Kier alpha value is -1.40. The lowest BCUT2D eigenvalue weighted by Gasteiger charge is -2.09. The lowest BCUT2D eigenvalue weighted by atomic mass is 10.1. The van der Waals surface area contributed by atoms with Gasteiger partial charge in [-0.25, -0.2) is 13.4 Å². The van der Waals surface area contributed by atoms with Crippen molar-refractivity contribution in [2.45, 2.75) is 30.2 Å². The summed E-state index contributed by atoms with van der Waals surface area (Å²) in [6.07, 6.45) is 4.37. The molecule has 1 saturated carbocycles. The maximum absolute atomic E-state index is 11.6. The van der Waals surface area contributed by atoms with Crippen molar-refractivity contribution in [1.82, 2.24) is 9.55 Å². The van der Waals surface area contributed by atoms with E-state index in [0.717, 1.165) is 17.8 Å². The number of rotatable bonds is 4. The fourth-order valence-corrected chi connectivity index (χ4v) is 3.19. The zero-order valence-electron chi connectivity index (χ0n) is 11.7.